The highest BCUT2D eigenvalue weighted by atomic mass is 16.5. The van der Waals surface area contributed by atoms with Gasteiger partial charge in [0, 0.05) is 11.5 Å². The van der Waals surface area contributed by atoms with Gasteiger partial charge in [0.25, 0.3) is 0 Å². The molecule has 3 nitrogen and oxygen atoms in total. The largest absolute Gasteiger partial charge is 0.462 e. The summed E-state index contributed by atoms with van der Waals surface area (Å²) in [6.45, 7) is 6.13. The standard InChI is InChI=1S/C14H16O3.C2H6/c1-2-17-14(16)12-8-6-11(7-9-12)13(15)10-4-3-5-10;1-2/h6-10H,2-5H2,1H3;1-2H3. The Balaban J connectivity index is 0.000000861. The van der Waals surface area contributed by atoms with E-state index in [0.717, 1.165) is 19.3 Å². The maximum absolute atomic E-state index is 11.9. The fourth-order valence-electron chi connectivity index (χ4n) is 1.89. The van der Waals surface area contributed by atoms with Crippen molar-refractivity contribution < 1.29 is 14.3 Å². The van der Waals surface area contributed by atoms with Crippen molar-refractivity contribution in [1.82, 2.24) is 0 Å². The average molecular weight is 262 g/mol. The smallest absolute Gasteiger partial charge is 0.338 e. The molecule has 19 heavy (non-hydrogen) atoms. The topological polar surface area (TPSA) is 43.4 Å². The van der Waals surface area contributed by atoms with Crippen LogP contribution in [-0.2, 0) is 4.74 Å². The second kappa shape index (κ2) is 7.72. The number of benzene rings is 1. The number of Topliss-reactive ketones (excluding diaryl/α,β-unsaturated/α-hetero) is 1. The third-order valence-electron chi connectivity index (χ3n) is 3.16. The SMILES string of the molecule is CC.CCOC(=O)c1ccc(C(=O)C2CCC2)cc1. The highest BCUT2D eigenvalue weighted by molar-refractivity contribution is 5.99. The number of esters is 1. The van der Waals surface area contributed by atoms with E-state index >= 15 is 0 Å². The van der Waals surface area contributed by atoms with Crippen molar-refractivity contribution in [2.24, 2.45) is 5.92 Å². The molecular weight excluding hydrogens is 240 g/mol. The lowest BCUT2D eigenvalue weighted by Crippen LogP contribution is -2.21. The van der Waals surface area contributed by atoms with Crippen molar-refractivity contribution in [2.45, 2.75) is 40.0 Å². The number of rotatable bonds is 4. The van der Waals surface area contributed by atoms with Crippen LogP contribution in [0.3, 0.4) is 0 Å². The predicted molar refractivity (Wildman–Crippen MR) is 75.4 cm³/mol. The minimum Gasteiger partial charge on any atom is -0.462 e. The van der Waals surface area contributed by atoms with Crippen LogP contribution in [0.2, 0.25) is 0 Å². The molecule has 0 aliphatic heterocycles. The molecule has 0 aromatic heterocycles. The lowest BCUT2D eigenvalue weighted by atomic mass is 9.80. The third kappa shape index (κ3) is 3.91. The molecule has 104 valence electrons. The van der Waals surface area contributed by atoms with Gasteiger partial charge < -0.3 is 4.74 Å². The summed E-state index contributed by atoms with van der Waals surface area (Å²) in [6.07, 6.45) is 3.15. The van der Waals surface area contributed by atoms with Gasteiger partial charge in [0.2, 0.25) is 0 Å². The molecule has 1 aromatic carbocycles. The molecular formula is C16H22O3. The summed E-state index contributed by atoms with van der Waals surface area (Å²) in [5.41, 5.74) is 1.19. The van der Waals surface area contributed by atoms with E-state index in [4.69, 9.17) is 4.74 Å². The molecule has 0 bridgehead atoms. The monoisotopic (exact) mass is 262 g/mol. The summed E-state index contributed by atoms with van der Waals surface area (Å²) in [7, 11) is 0. The Bertz CT molecular complexity index is 416. The number of carbonyl (C=O) groups excluding carboxylic acids is 2. The Morgan fingerprint density at radius 2 is 1.63 bits per heavy atom. The molecule has 3 heteroatoms. The van der Waals surface area contributed by atoms with Crippen LogP contribution in [0.25, 0.3) is 0 Å². The number of hydrogen-bond donors (Lipinski definition) is 0. The highest BCUT2D eigenvalue weighted by Gasteiger charge is 2.26. The quantitative estimate of drug-likeness (QED) is 0.611. The Hall–Kier alpha value is -1.64. The minimum atomic E-state index is -0.338. The van der Waals surface area contributed by atoms with Crippen LogP contribution in [0.1, 0.15) is 60.7 Å². The number of carbonyl (C=O) groups is 2. The molecule has 1 aliphatic rings. The Labute approximate surface area is 115 Å². The van der Waals surface area contributed by atoms with E-state index in [0.29, 0.717) is 17.7 Å². The van der Waals surface area contributed by atoms with Crippen LogP contribution >= 0.6 is 0 Å². The van der Waals surface area contributed by atoms with Crippen molar-refractivity contribution in [3.63, 3.8) is 0 Å². The van der Waals surface area contributed by atoms with Crippen molar-refractivity contribution in [3.8, 4) is 0 Å². The fourth-order valence-corrected chi connectivity index (χ4v) is 1.89. The summed E-state index contributed by atoms with van der Waals surface area (Å²) in [4.78, 5) is 23.3. The zero-order chi connectivity index (χ0) is 14.3. The van der Waals surface area contributed by atoms with Gasteiger partial charge in [-0.05, 0) is 31.9 Å². The van der Waals surface area contributed by atoms with E-state index in [9.17, 15) is 9.59 Å². The summed E-state index contributed by atoms with van der Waals surface area (Å²) in [5.74, 6) is 0.0604. The maximum atomic E-state index is 11.9. The van der Waals surface area contributed by atoms with Crippen LogP contribution in [0.5, 0.6) is 0 Å². The van der Waals surface area contributed by atoms with Gasteiger partial charge in [0.1, 0.15) is 0 Å². The zero-order valence-corrected chi connectivity index (χ0v) is 11.9. The van der Waals surface area contributed by atoms with E-state index in [1.54, 1.807) is 31.2 Å². The molecule has 1 fully saturated rings. The molecule has 0 heterocycles. The summed E-state index contributed by atoms with van der Waals surface area (Å²) >= 11 is 0. The molecule has 0 unspecified atom stereocenters. The average Bonchev–Trinajstić information content (AvgIpc) is 2.39. The van der Waals surface area contributed by atoms with Gasteiger partial charge in [-0.15, -0.1) is 0 Å². The summed E-state index contributed by atoms with van der Waals surface area (Å²) < 4.78 is 4.88. The number of ether oxygens (including phenoxy) is 1. The predicted octanol–water partition coefficient (Wildman–Crippen LogP) is 3.87. The third-order valence-corrected chi connectivity index (χ3v) is 3.16. The number of hydrogen-bond acceptors (Lipinski definition) is 3. The second-order valence-electron chi connectivity index (χ2n) is 4.29. The van der Waals surface area contributed by atoms with Gasteiger partial charge >= 0.3 is 5.97 Å². The maximum Gasteiger partial charge on any atom is 0.338 e. The lowest BCUT2D eigenvalue weighted by molar-refractivity contribution is 0.0526. The summed E-state index contributed by atoms with van der Waals surface area (Å²) in [6, 6.07) is 6.74. The minimum absolute atomic E-state index is 0.198. The van der Waals surface area contributed by atoms with Gasteiger partial charge in [0.05, 0.1) is 12.2 Å². The van der Waals surface area contributed by atoms with Gasteiger partial charge in [-0.25, -0.2) is 4.79 Å². The zero-order valence-electron chi connectivity index (χ0n) is 11.9. The van der Waals surface area contributed by atoms with Crippen LogP contribution in [0.15, 0.2) is 24.3 Å². The number of ketones is 1. The highest BCUT2D eigenvalue weighted by Crippen LogP contribution is 2.29. The van der Waals surface area contributed by atoms with E-state index in [1.807, 2.05) is 13.8 Å². The Morgan fingerprint density at radius 3 is 2.05 bits per heavy atom. The van der Waals surface area contributed by atoms with Crippen molar-refractivity contribution in [1.29, 1.82) is 0 Å². The molecule has 0 N–H and O–H groups in total. The van der Waals surface area contributed by atoms with Crippen LogP contribution < -0.4 is 0 Å². The lowest BCUT2D eigenvalue weighted by Gasteiger charge is -2.23. The molecule has 2 rings (SSSR count). The first-order valence-corrected chi connectivity index (χ1v) is 7.03. The van der Waals surface area contributed by atoms with Crippen molar-refractivity contribution >= 4 is 11.8 Å². The first kappa shape index (κ1) is 15.4. The molecule has 1 saturated carbocycles. The molecule has 1 aliphatic carbocycles. The van der Waals surface area contributed by atoms with Gasteiger partial charge in [-0.1, -0.05) is 32.4 Å². The molecule has 1 aromatic rings. The van der Waals surface area contributed by atoms with Gasteiger partial charge in [0.15, 0.2) is 5.78 Å². The second-order valence-corrected chi connectivity index (χ2v) is 4.29. The Morgan fingerprint density at radius 1 is 1.11 bits per heavy atom. The summed E-state index contributed by atoms with van der Waals surface area (Å²) in [5, 5.41) is 0. The van der Waals surface area contributed by atoms with E-state index < -0.39 is 0 Å². The van der Waals surface area contributed by atoms with Crippen molar-refractivity contribution in [2.75, 3.05) is 6.61 Å². The van der Waals surface area contributed by atoms with Crippen LogP contribution in [-0.4, -0.2) is 18.4 Å². The molecule has 0 atom stereocenters. The first-order valence-electron chi connectivity index (χ1n) is 7.03. The normalized spacial score (nSPS) is 13.8. The Kier molecular flexibility index (Phi) is 6.26. The van der Waals surface area contributed by atoms with E-state index in [1.165, 1.54) is 0 Å². The molecule has 0 spiro atoms. The van der Waals surface area contributed by atoms with Gasteiger partial charge in [-0.2, -0.15) is 0 Å². The van der Waals surface area contributed by atoms with Gasteiger partial charge in [-0.3, -0.25) is 4.79 Å². The van der Waals surface area contributed by atoms with Crippen LogP contribution in [0, 0.1) is 5.92 Å². The molecule has 0 saturated heterocycles. The van der Waals surface area contributed by atoms with Crippen LogP contribution in [0.4, 0.5) is 0 Å². The van der Waals surface area contributed by atoms with E-state index in [2.05, 4.69) is 0 Å². The molecule has 0 radical (unpaired) electrons. The first-order chi connectivity index (χ1) is 9.22. The van der Waals surface area contributed by atoms with E-state index in [-0.39, 0.29) is 17.7 Å². The fraction of sp³-hybridized carbons (Fsp3) is 0.500. The van der Waals surface area contributed by atoms with Crippen molar-refractivity contribution in [3.05, 3.63) is 35.4 Å². The molecule has 0 amide bonds.